The third-order valence-electron chi connectivity index (χ3n) is 2.98. The van der Waals surface area contributed by atoms with Gasteiger partial charge in [-0.1, -0.05) is 0 Å². The molecule has 1 aromatic carbocycles. The molecule has 136 valence electrons. The normalized spacial score (nSPS) is 11.4. The standard InChI is InChI=1S/C16H18O9/c17-9-14(21)25-16(23)11-7-5-10(6-8-11)15(22)24-13(20)4-2-1-3-12(18)19/h5-8,14,17,21H,1-4,9H2,(H,18,19). The molecule has 9 heteroatoms. The van der Waals surface area contributed by atoms with E-state index in [-0.39, 0.29) is 30.4 Å². The van der Waals surface area contributed by atoms with E-state index in [0.29, 0.717) is 6.42 Å². The van der Waals surface area contributed by atoms with Crippen LogP contribution < -0.4 is 0 Å². The van der Waals surface area contributed by atoms with Gasteiger partial charge in [0.1, 0.15) is 6.61 Å². The molecule has 25 heavy (non-hydrogen) atoms. The first-order valence-electron chi connectivity index (χ1n) is 7.40. The predicted molar refractivity (Wildman–Crippen MR) is 81.5 cm³/mol. The first-order chi connectivity index (χ1) is 11.8. The van der Waals surface area contributed by atoms with Gasteiger partial charge in [-0.2, -0.15) is 0 Å². The van der Waals surface area contributed by atoms with Crippen molar-refractivity contribution in [1.29, 1.82) is 0 Å². The summed E-state index contributed by atoms with van der Waals surface area (Å²) < 4.78 is 9.09. The smallest absolute Gasteiger partial charge is 0.345 e. The quantitative estimate of drug-likeness (QED) is 0.249. The summed E-state index contributed by atoms with van der Waals surface area (Å²) in [6, 6.07) is 4.95. The number of carboxylic acid groups (broad SMARTS) is 1. The van der Waals surface area contributed by atoms with Crippen molar-refractivity contribution in [2.45, 2.75) is 32.0 Å². The van der Waals surface area contributed by atoms with Crippen LogP contribution in [-0.2, 0) is 19.1 Å². The molecule has 0 aliphatic rings. The van der Waals surface area contributed by atoms with Crippen molar-refractivity contribution in [1.82, 2.24) is 0 Å². The van der Waals surface area contributed by atoms with Crippen molar-refractivity contribution >= 4 is 23.9 Å². The lowest BCUT2D eigenvalue weighted by molar-refractivity contribution is -0.139. The molecular weight excluding hydrogens is 336 g/mol. The molecule has 1 rings (SSSR count). The van der Waals surface area contributed by atoms with Gasteiger partial charge in [-0.15, -0.1) is 0 Å². The Labute approximate surface area is 142 Å². The number of benzene rings is 1. The lowest BCUT2D eigenvalue weighted by atomic mass is 10.1. The van der Waals surface area contributed by atoms with Gasteiger partial charge >= 0.3 is 23.9 Å². The summed E-state index contributed by atoms with van der Waals surface area (Å²) in [5.74, 6) is -3.53. The molecule has 0 saturated heterocycles. The molecule has 1 atom stereocenters. The van der Waals surface area contributed by atoms with Gasteiger partial charge in [0.05, 0.1) is 11.1 Å². The van der Waals surface area contributed by atoms with Crippen LogP contribution in [0.25, 0.3) is 0 Å². The average molecular weight is 354 g/mol. The lowest BCUT2D eigenvalue weighted by Gasteiger charge is -2.09. The van der Waals surface area contributed by atoms with Gasteiger partial charge in [0.25, 0.3) is 0 Å². The predicted octanol–water partition coefficient (Wildman–Crippen LogP) is 0.482. The van der Waals surface area contributed by atoms with Gasteiger partial charge in [-0.05, 0) is 37.1 Å². The van der Waals surface area contributed by atoms with E-state index in [1.54, 1.807) is 0 Å². The summed E-state index contributed by atoms with van der Waals surface area (Å²) >= 11 is 0. The third-order valence-corrected chi connectivity index (χ3v) is 2.98. The van der Waals surface area contributed by atoms with Crippen LogP contribution in [0.5, 0.6) is 0 Å². The molecule has 0 bridgehead atoms. The highest BCUT2D eigenvalue weighted by Crippen LogP contribution is 2.10. The molecule has 0 radical (unpaired) electrons. The Balaban J connectivity index is 2.49. The zero-order chi connectivity index (χ0) is 18.8. The monoisotopic (exact) mass is 354 g/mol. The Morgan fingerprint density at radius 1 is 0.920 bits per heavy atom. The van der Waals surface area contributed by atoms with Gasteiger partial charge in [0.2, 0.25) is 6.29 Å². The molecule has 0 spiro atoms. The molecule has 0 aliphatic carbocycles. The van der Waals surface area contributed by atoms with Crippen LogP contribution in [0.15, 0.2) is 24.3 Å². The fourth-order valence-electron chi connectivity index (χ4n) is 1.73. The van der Waals surface area contributed by atoms with Crippen LogP contribution in [0.2, 0.25) is 0 Å². The molecule has 0 heterocycles. The Morgan fingerprint density at radius 3 is 1.96 bits per heavy atom. The number of esters is 3. The van der Waals surface area contributed by atoms with Gasteiger partial charge in [-0.25, -0.2) is 9.59 Å². The number of ether oxygens (including phenoxy) is 2. The maximum Gasteiger partial charge on any atom is 0.345 e. The van der Waals surface area contributed by atoms with Crippen LogP contribution in [0.3, 0.4) is 0 Å². The molecule has 0 aromatic heterocycles. The number of rotatable bonds is 9. The SMILES string of the molecule is O=C(O)CCCCC(=O)OC(=O)c1ccc(C(=O)OC(O)CO)cc1. The van der Waals surface area contributed by atoms with Crippen molar-refractivity contribution in [3.63, 3.8) is 0 Å². The van der Waals surface area contributed by atoms with Crippen molar-refractivity contribution in [2.75, 3.05) is 6.61 Å². The first-order valence-corrected chi connectivity index (χ1v) is 7.40. The van der Waals surface area contributed by atoms with Gasteiger partial charge in [-0.3, -0.25) is 9.59 Å². The number of hydrogen-bond acceptors (Lipinski definition) is 8. The molecule has 0 amide bonds. The first kappa shape index (κ1) is 20.3. The van der Waals surface area contributed by atoms with E-state index >= 15 is 0 Å². The Morgan fingerprint density at radius 2 is 1.44 bits per heavy atom. The summed E-state index contributed by atoms with van der Waals surface area (Å²) in [7, 11) is 0. The zero-order valence-electron chi connectivity index (χ0n) is 13.2. The number of unbranched alkanes of at least 4 members (excludes halogenated alkanes) is 1. The lowest BCUT2D eigenvalue weighted by Crippen LogP contribution is -2.21. The Bertz CT molecular complexity index is 621. The number of carboxylic acids is 1. The average Bonchev–Trinajstić information content (AvgIpc) is 2.58. The molecule has 1 unspecified atom stereocenters. The van der Waals surface area contributed by atoms with E-state index in [0.717, 1.165) is 0 Å². The number of aliphatic hydroxyl groups excluding tert-OH is 2. The summed E-state index contributed by atoms with van der Waals surface area (Å²) in [4.78, 5) is 45.2. The fourth-order valence-corrected chi connectivity index (χ4v) is 1.73. The van der Waals surface area contributed by atoms with Crippen LogP contribution in [0.1, 0.15) is 46.4 Å². The van der Waals surface area contributed by atoms with E-state index in [2.05, 4.69) is 9.47 Å². The summed E-state index contributed by atoms with van der Waals surface area (Å²) in [6.07, 6.45) is -1.20. The van der Waals surface area contributed by atoms with E-state index in [4.69, 9.17) is 15.3 Å². The number of carbonyl (C=O) groups is 4. The van der Waals surface area contributed by atoms with Gasteiger partial charge in [0.15, 0.2) is 0 Å². The summed E-state index contributed by atoms with van der Waals surface area (Å²) in [6.45, 7) is -0.745. The van der Waals surface area contributed by atoms with E-state index in [1.807, 2.05) is 0 Å². The van der Waals surface area contributed by atoms with Gasteiger partial charge in [0, 0.05) is 12.8 Å². The van der Waals surface area contributed by atoms with Crippen molar-refractivity contribution < 1.29 is 44.0 Å². The van der Waals surface area contributed by atoms with Crippen LogP contribution >= 0.6 is 0 Å². The van der Waals surface area contributed by atoms with E-state index in [9.17, 15) is 19.2 Å². The summed E-state index contributed by atoms with van der Waals surface area (Å²) in [5.41, 5.74) is 0.0576. The zero-order valence-corrected chi connectivity index (χ0v) is 13.2. The molecule has 0 saturated carbocycles. The highest BCUT2D eigenvalue weighted by atomic mass is 16.6. The largest absolute Gasteiger partial charge is 0.481 e. The molecule has 1 aromatic rings. The summed E-state index contributed by atoms with van der Waals surface area (Å²) in [5, 5.41) is 26.1. The van der Waals surface area contributed by atoms with Gasteiger partial charge < -0.3 is 24.8 Å². The minimum absolute atomic E-state index is 0.0261. The second kappa shape index (κ2) is 10.2. The molecule has 0 aliphatic heterocycles. The van der Waals surface area contributed by atoms with Crippen molar-refractivity contribution in [3.8, 4) is 0 Å². The highest BCUT2D eigenvalue weighted by Gasteiger charge is 2.16. The molecule has 0 fully saturated rings. The third kappa shape index (κ3) is 7.55. The maximum atomic E-state index is 11.8. The Hall–Kier alpha value is -2.78. The molecule has 3 N–H and O–H groups in total. The molecule has 9 nitrogen and oxygen atoms in total. The van der Waals surface area contributed by atoms with Crippen molar-refractivity contribution in [3.05, 3.63) is 35.4 Å². The van der Waals surface area contributed by atoms with Crippen LogP contribution in [0.4, 0.5) is 0 Å². The second-order valence-corrected chi connectivity index (χ2v) is 4.98. The van der Waals surface area contributed by atoms with E-state index < -0.39 is 36.8 Å². The highest BCUT2D eigenvalue weighted by molar-refractivity contribution is 5.98. The number of aliphatic hydroxyl groups is 2. The molecular formula is C16H18O9. The number of aliphatic carboxylic acids is 1. The second-order valence-electron chi connectivity index (χ2n) is 4.98. The van der Waals surface area contributed by atoms with Crippen LogP contribution in [0, 0.1) is 0 Å². The minimum atomic E-state index is -1.64. The number of hydrogen-bond donors (Lipinski definition) is 3. The van der Waals surface area contributed by atoms with Crippen molar-refractivity contribution in [2.24, 2.45) is 0 Å². The number of carbonyl (C=O) groups excluding carboxylic acids is 3. The van der Waals surface area contributed by atoms with Crippen LogP contribution in [-0.4, -0.2) is 52.1 Å². The Kier molecular flexibility index (Phi) is 8.24. The topological polar surface area (TPSA) is 147 Å². The fraction of sp³-hybridized carbons (Fsp3) is 0.375. The van der Waals surface area contributed by atoms with E-state index in [1.165, 1.54) is 24.3 Å². The minimum Gasteiger partial charge on any atom is -0.481 e. The maximum absolute atomic E-state index is 11.8.